The number of aliphatic hydroxyl groups is 1. The van der Waals surface area contributed by atoms with E-state index in [0.29, 0.717) is 6.42 Å². The fourth-order valence-electron chi connectivity index (χ4n) is 6.57. The summed E-state index contributed by atoms with van der Waals surface area (Å²) in [5.74, 6) is -0.536. The third-order valence-electron chi connectivity index (χ3n) is 10.4. The summed E-state index contributed by atoms with van der Waals surface area (Å²) < 4.78 is 27.0. The second-order valence-corrected chi connectivity index (χ2v) is 17.9. The van der Waals surface area contributed by atoms with E-state index in [0.717, 1.165) is 83.5 Å². The largest absolute Gasteiger partial charge is 0.472 e. The summed E-state index contributed by atoms with van der Waals surface area (Å²) in [5.41, 5.74) is 0. The molecule has 0 aromatic carbocycles. The zero-order valence-electron chi connectivity index (χ0n) is 39.5. The molecule has 9 nitrogen and oxygen atoms in total. The van der Waals surface area contributed by atoms with E-state index in [1.54, 1.807) is 0 Å². The number of hydrogen-bond donors (Lipinski definition) is 3. The van der Waals surface area contributed by atoms with Crippen LogP contribution >= 0.6 is 7.82 Å². The van der Waals surface area contributed by atoms with Gasteiger partial charge in [0, 0.05) is 19.4 Å². The number of amides is 1. The maximum atomic E-state index is 12.1. The zero-order chi connectivity index (χ0) is 45.3. The Kier molecular flexibility index (Phi) is 45.9. The van der Waals surface area contributed by atoms with Gasteiger partial charge >= 0.3 is 13.8 Å². The van der Waals surface area contributed by atoms with Gasteiger partial charge in [-0.3, -0.25) is 18.6 Å². The van der Waals surface area contributed by atoms with Crippen LogP contribution < -0.4 is 5.32 Å². The van der Waals surface area contributed by atoms with Crippen LogP contribution in [0.15, 0.2) is 72.9 Å². The Morgan fingerprint density at radius 1 is 0.500 bits per heavy atom. The van der Waals surface area contributed by atoms with Gasteiger partial charge in [0.2, 0.25) is 5.91 Å². The van der Waals surface area contributed by atoms with Crippen molar-refractivity contribution in [2.75, 3.05) is 26.4 Å². The summed E-state index contributed by atoms with van der Waals surface area (Å²) >= 11 is 0. The molecule has 3 N–H and O–H groups in total. The van der Waals surface area contributed by atoms with Gasteiger partial charge in [-0.25, -0.2) is 4.57 Å². The van der Waals surface area contributed by atoms with Gasteiger partial charge in [0.1, 0.15) is 12.7 Å². The highest BCUT2D eigenvalue weighted by molar-refractivity contribution is 7.47. The van der Waals surface area contributed by atoms with Gasteiger partial charge in [0.05, 0.1) is 13.2 Å². The molecular formula is C52H92NO8P. The van der Waals surface area contributed by atoms with Crippen LogP contribution in [0.2, 0.25) is 0 Å². The van der Waals surface area contributed by atoms with Gasteiger partial charge in [0.15, 0.2) is 0 Å². The van der Waals surface area contributed by atoms with Crippen molar-refractivity contribution >= 4 is 19.7 Å². The van der Waals surface area contributed by atoms with Crippen LogP contribution in [0.25, 0.3) is 0 Å². The molecule has 62 heavy (non-hydrogen) atoms. The smallest absolute Gasteiger partial charge is 0.463 e. The number of phosphoric ester groups is 1. The third-order valence-corrected chi connectivity index (χ3v) is 11.3. The molecule has 358 valence electrons. The quantitative estimate of drug-likeness (QED) is 0.0238. The summed E-state index contributed by atoms with van der Waals surface area (Å²) in [5, 5.41) is 12.7. The van der Waals surface area contributed by atoms with Gasteiger partial charge < -0.3 is 20.1 Å². The molecule has 0 radical (unpaired) electrons. The molecule has 0 bridgehead atoms. The predicted octanol–water partition coefficient (Wildman–Crippen LogP) is 14.6. The van der Waals surface area contributed by atoms with E-state index in [1.807, 2.05) is 0 Å². The number of aliphatic hydroxyl groups excluding tert-OH is 1. The van der Waals surface area contributed by atoms with E-state index in [4.69, 9.17) is 13.8 Å². The van der Waals surface area contributed by atoms with Crippen molar-refractivity contribution in [2.24, 2.45) is 0 Å². The molecule has 0 rings (SSSR count). The lowest BCUT2D eigenvalue weighted by Gasteiger charge is -2.15. The summed E-state index contributed by atoms with van der Waals surface area (Å²) in [6, 6.07) is 0. The zero-order valence-corrected chi connectivity index (χ0v) is 40.4. The highest BCUT2D eigenvalue weighted by Crippen LogP contribution is 2.42. The summed E-state index contributed by atoms with van der Waals surface area (Å²) in [6.45, 7) is 3.49. The van der Waals surface area contributed by atoms with E-state index >= 15 is 0 Å². The van der Waals surface area contributed by atoms with Gasteiger partial charge in [-0.15, -0.1) is 0 Å². The standard InChI is InChI=1S/C52H92NO8P/c1-3-5-7-9-11-13-15-17-19-21-23-24-25-26-27-28-30-32-34-36-38-40-42-44-51(55)53-46-47-60-62(57,58)61-49-50(54)48-59-52(56)45-43-41-39-37-35-33-31-29-22-20-18-16-14-12-10-8-6-4-2/h11,13-14,16-17,19-20,22-24,26-27,50,54H,3-10,12,15,18,21,25,28-49H2,1-2H3,(H,53,55)(H,57,58)/b13-11-,16-14-,19-17-,22-20-,24-23-,27-26-. The van der Waals surface area contributed by atoms with E-state index in [2.05, 4.69) is 92.1 Å². The minimum atomic E-state index is -4.43. The number of phosphoric acid groups is 1. The van der Waals surface area contributed by atoms with Crippen molar-refractivity contribution in [2.45, 2.75) is 219 Å². The number of rotatable bonds is 46. The Bertz CT molecular complexity index is 1240. The average Bonchev–Trinajstić information content (AvgIpc) is 3.26. The monoisotopic (exact) mass is 890 g/mol. The molecule has 1 amide bonds. The summed E-state index contributed by atoms with van der Waals surface area (Å²) in [4.78, 5) is 34.0. The number of hydrogen-bond acceptors (Lipinski definition) is 7. The third kappa shape index (κ3) is 48.5. The van der Waals surface area contributed by atoms with Crippen molar-refractivity contribution in [1.82, 2.24) is 5.32 Å². The predicted molar refractivity (Wildman–Crippen MR) is 261 cm³/mol. The van der Waals surface area contributed by atoms with Gasteiger partial charge in [0.25, 0.3) is 0 Å². The molecule has 2 unspecified atom stereocenters. The highest BCUT2D eigenvalue weighted by atomic mass is 31.2. The Labute approximate surface area is 380 Å². The molecule has 0 saturated heterocycles. The number of allylic oxidation sites excluding steroid dienone is 12. The first-order valence-electron chi connectivity index (χ1n) is 24.9. The van der Waals surface area contributed by atoms with Crippen molar-refractivity contribution < 1.29 is 37.9 Å². The van der Waals surface area contributed by atoms with E-state index in [9.17, 15) is 24.2 Å². The van der Waals surface area contributed by atoms with Crippen molar-refractivity contribution in [3.8, 4) is 0 Å². The second-order valence-electron chi connectivity index (χ2n) is 16.4. The maximum Gasteiger partial charge on any atom is 0.472 e. The molecule has 0 saturated carbocycles. The van der Waals surface area contributed by atoms with Crippen molar-refractivity contribution in [1.29, 1.82) is 0 Å². The summed E-state index contributed by atoms with van der Waals surface area (Å²) in [6.07, 6.45) is 59.7. The maximum absolute atomic E-state index is 12.1. The number of unbranched alkanes of at least 4 members (excludes halogenated alkanes) is 21. The van der Waals surface area contributed by atoms with Crippen molar-refractivity contribution in [3.05, 3.63) is 72.9 Å². The molecule has 0 heterocycles. The van der Waals surface area contributed by atoms with Crippen molar-refractivity contribution in [3.63, 3.8) is 0 Å². The van der Waals surface area contributed by atoms with Crippen LogP contribution in [0.3, 0.4) is 0 Å². The molecule has 0 fully saturated rings. The normalized spacial score (nSPS) is 13.8. The number of ether oxygens (including phenoxy) is 1. The molecule has 0 aromatic heterocycles. The van der Waals surface area contributed by atoms with E-state index in [-0.39, 0.29) is 32.1 Å². The fourth-order valence-corrected chi connectivity index (χ4v) is 7.33. The SMILES string of the molecule is CCCCC/C=C\C/C=C\C/C=C\C/C=C\CCCCCCCCCC(=O)NCCOP(=O)(O)OCC(O)COC(=O)CCCCCCCCC/C=C\C/C=C\CCCCCC. The topological polar surface area (TPSA) is 131 Å². The Morgan fingerprint density at radius 3 is 1.34 bits per heavy atom. The molecule has 0 spiro atoms. The van der Waals surface area contributed by atoms with Crippen LogP contribution in [-0.4, -0.2) is 54.3 Å². The van der Waals surface area contributed by atoms with Gasteiger partial charge in [-0.2, -0.15) is 0 Å². The Balaban J connectivity index is 3.62. The number of carbonyl (C=O) groups excluding carboxylic acids is 2. The molecule has 10 heteroatoms. The minimum Gasteiger partial charge on any atom is -0.463 e. The van der Waals surface area contributed by atoms with Gasteiger partial charge in [-0.05, 0) is 89.9 Å². The molecule has 0 aliphatic heterocycles. The lowest BCUT2D eigenvalue weighted by molar-refractivity contribution is -0.147. The molecule has 0 aliphatic carbocycles. The lowest BCUT2D eigenvalue weighted by Crippen LogP contribution is -2.27. The van der Waals surface area contributed by atoms with Crippen LogP contribution in [0.5, 0.6) is 0 Å². The lowest BCUT2D eigenvalue weighted by atomic mass is 10.1. The van der Waals surface area contributed by atoms with Gasteiger partial charge in [-0.1, -0.05) is 183 Å². The number of carbonyl (C=O) groups is 2. The number of esters is 1. The van der Waals surface area contributed by atoms with Crippen LogP contribution in [0.4, 0.5) is 0 Å². The van der Waals surface area contributed by atoms with Crippen LogP contribution in [-0.2, 0) is 27.9 Å². The van der Waals surface area contributed by atoms with E-state index < -0.39 is 26.5 Å². The first-order chi connectivity index (χ1) is 30.3. The highest BCUT2D eigenvalue weighted by Gasteiger charge is 2.23. The second kappa shape index (κ2) is 47.9. The molecule has 0 aromatic rings. The van der Waals surface area contributed by atoms with Crippen LogP contribution in [0.1, 0.15) is 213 Å². The molecule has 0 aliphatic rings. The summed E-state index contributed by atoms with van der Waals surface area (Å²) in [7, 11) is -4.43. The average molecular weight is 890 g/mol. The fraction of sp³-hybridized carbons (Fsp3) is 0.731. The Hall–Kier alpha value is -2.55. The minimum absolute atomic E-state index is 0.0710. The number of nitrogens with one attached hydrogen (secondary N) is 1. The van der Waals surface area contributed by atoms with E-state index in [1.165, 1.54) is 103 Å². The van der Waals surface area contributed by atoms with Crippen LogP contribution in [0, 0.1) is 0 Å². The Morgan fingerprint density at radius 2 is 0.871 bits per heavy atom. The first-order valence-corrected chi connectivity index (χ1v) is 26.4. The first kappa shape index (κ1) is 59.5. The molecule has 2 atom stereocenters. The molecular weight excluding hydrogens is 798 g/mol.